The predicted molar refractivity (Wildman–Crippen MR) is 99.7 cm³/mol. The Morgan fingerprint density at radius 1 is 1.31 bits per heavy atom. The number of amides is 2. The summed E-state index contributed by atoms with van der Waals surface area (Å²) in [4.78, 5) is 27.2. The molecule has 0 unspecified atom stereocenters. The van der Waals surface area contributed by atoms with Crippen LogP contribution in [0.2, 0.25) is 5.02 Å². The molecule has 2 aromatic rings. The molecule has 2 aliphatic heterocycles. The number of carbonyl (C=O) groups excluding carboxylic acids is 2. The van der Waals surface area contributed by atoms with Crippen LogP contribution in [-0.2, 0) is 21.4 Å². The second kappa shape index (κ2) is 6.32. The van der Waals surface area contributed by atoms with Crippen molar-refractivity contribution in [1.29, 1.82) is 0 Å². The molecule has 6 heteroatoms. The van der Waals surface area contributed by atoms with E-state index in [2.05, 4.69) is 5.32 Å². The maximum absolute atomic E-state index is 12.8. The number of benzene rings is 2. The predicted octanol–water partition coefficient (Wildman–Crippen LogP) is 3.01. The number of halogens is 1. The van der Waals surface area contributed by atoms with Crippen LogP contribution in [0.3, 0.4) is 0 Å². The van der Waals surface area contributed by atoms with Crippen LogP contribution in [0.15, 0.2) is 42.5 Å². The Bertz CT molecular complexity index is 898. The number of nitrogens with one attached hydrogen (secondary N) is 1. The van der Waals surface area contributed by atoms with Crippen molar-refractivity contribution in [3.05, 3.63) is 58.6 Å². The van der Waals surface area contributed by atoms with E-state index in [1.165, 1.54) is 0 Å². The van der Waals surface area contributed by atoms with Crippen molar-refractivity contribution in [2.75, 3.05) is 25.5 Å². The zero-order valence-electron chi connectivity index (χ0n) is 14.4. The summed E-state index contributed by atoms with van der Waals surface area (Å²) in [7, 11) is 1.60. The average Bonchev–Trinajstić information content (AvgIpc) is 3.20. The van der Waals surface area contributed by atoms with Gasteiger partial charge in [-0.15, -0.1) is 0 Å². The number of likely N-dealkylation sites (tertiary alicyclic amines) is 1. The number of anilines is 1. The van der Waals surface area contributed by atoms with Gasteiger partial charge in [-0.25, -0.2) is 0 Å². The first-order valence-electron chi connectivity index (χ1n) is 8.55. The summed E-state index contributed by atoms with van der Waals surface area (Å²) in [6, 6.07) is 12.9. The van der Waals surface area contributed by atoms with Crippen LogP contribution in [0, 0.1) is 0 Å². The molecule has 0 saturated carbocycles. The Labute approximate surface area is 156 Å². The average molecular weight is 371 g/mol. The quantitative estimate of drug-likeness (QED) is 0.903. The number of nitrogens with zero attached hydrogens (tertiary/aromatic N) is 1. The Morgan fingerprint density at radius 3 is 2.88 bits per heavy atom. The number of ether oxygens (including phenoxy) is 1. The fourth-order valence-corrected chi connectivity index (χ4v) is 4.07. The highest BCUT2D eigenvalue weighted by Gasteiger charge is 2.52. The lowest BCUT2D eigenvalue weighted by Crippen LogP contribution is -2.39. The third-order valence-electron chi connectivity index (χ3n) is 5.35. The van der Waals surface area contributed by atoms with Crippen molar-refractivity contribution in [1.82, 2.24) is 4.90 Å². The third-order valence-corrected chi connectivity index (χ3v) is 5.72. The minimum Gasteiger partial charge on any atom is -0.497 e. The van der Waals surface area contributed by atoms with E-state index < -0.39 is 5.41 Å². The van der Waals surface area contributed by atoms with E-state index >= 15 is 0 Å². The molecule has 2 heterocycles. The van der Waals surface area contributed by atoms with E-state index in [1.807, 2.05) is 36.4 Å². The van der Waals surface area contributed by atoms with Gasteiger partial charge < -0.3 is 15.0 Å². The highest BCUT2D eigenvalue weighted by molar-refractivity contribution is 6.31. The molecule has 0 aliphatic carbocycles. The molecule has 0 bridgehead atoms. The molecule has 26 heavy (non-hydrogen) atoms. The first-order valence-corrected chi connectivity index (χ1v) is 8.92. The maximum Gasteiger partial charge on any atom is 0.237 e. The van der Waals surface area contributed by atoms with Gasteiger partial charge in [-0.05, 0) is 41.8 Å². The molecule has 0 radical (unpaired) electrons. The van der Waals surface area contributed by atoms with Crippen LogP contribution in [0.1, 0.15) is 17.5 Å². The van der Waals surface area contributed by atoms with Gasteiger partial charge in [-0.1, -0.05) is 29.8 Å². The molecular formula is C20H19ClN2O3. The first-order chi connectivity index (χ1) is 12.5. The molecule has 1 atom stereocenters. The Balaban J connectivity index is 1.58. The highest BCUT2D eigenvalue weighted by Crippen LogP contribution is 2.45. The lowest BCUT2D eigenvalue weighted by atomic mass is 9.81. The smallest absolute Gasteiger partial charge is 0.237 e. The lowest BCUT2D eigenvalue weighted by Gasteiger charge is -2.23. The normalized spacial score (nSPS) is 21.0. The summed E-state index contributed by atoms with van der Waals surface area (Å²) in [5, 5.41) is 3.53. The first kappa shape index (κ1) is 16.9. The number of rotatable bonds is 3. The molecule has 2 amide bonds. The zero-order chi connectivity index (χ0) is 18.3. The summed E-state index contributed by atoms with van der Waals surface area (Å²) >= 11 is 6.17. The van der Waals surface area contributed by atoms with Gasteiger partial charge in [0.1, 0.15) is 5.75 Å². The Hall–Kier alpha value is -2.53. The molecule has 1 N–H and O–H groups in total. The fraction of sp³-hybridized carbons (Fsp3) is 0.300. The molecular weight excluding hydrogens is 352 g/mol. The van der Waals surface area contributed by atoms with E-state index in [0.29, 0.717) is 30.3 Å². The van der Waals surface area contributed by atoms with Crippen LogP contribution < -0.4 is 10.1 Å². The number of hydrogen-bond acceptors (Lipinski definition) is 3. The van der Waals surface area contributed by atoms with E-state index in [-0.39, 0.29) is 18.2 Å². The SMILES string of the molecule is COc1ccc2c(c1)[C@@]1(CCN(C(=O)Cc3ccccc3Cl)C1)C(=O)N2. The molecule has 1 saturated heterocycles. The minimum absolute atomic E-state index is 0.0147. The van der Waals surface area contributed by atoms with Gasteiger partial charge in [0.2, 0.25) is 11.8 Å². The van der Waals surface area contributed by atoms with Gasteiger partial charge in [0.25, 0.3) is 0 Å². The summed E-state index contributed by atoms with van der Waals surface area (Å²) in [6.07, 6.45) is 0.843. The summed E-state index contributed by atoms with van der Waals surface area (Å²) in [6.45, 7) is 0.926. The summed E-state index contributed by atoms with van der Waals surface area (Å²) in [5.41, 5.74) is 1.82. The highest BCUT2D eigenvalue weighted by atomic mass is 35.5. The molecule has 1 fully saturated rings. The maximum atomic E-state index is 12.8. The molecule has 1 spiro atoms. The van der Waals surface area contributed by atoms with E-state index in [0.717, 1.165) is 16.8 Å². The van der Waals surface area contributed by atoms with Crippen LogP contribution >= 0.6 is 11.6 Å². The van der Waals surface area contributed by atoms with Gasteiger partial charge >= 0.3 is 0 Å². The van der Waals surface area contributed by atoms with Crippen molar-refractivity contribution in [3.63, 3.8) is 0 Å². The molecule has 0 aromatic heterocycles. The van der Waals surface area contributed by atoms with E-state index in [4.69, 9.17) is 16.3 Å². The van der Waals surface area contributed by atoms with E-state index in [1.54, 1.807) is 18.1 Å². The summed E-state index contributed by atoms with van der Waals surface area (Å²) < 4.78 is 5.31. The van der Waals surface area contributed by atoms with Gasteiger partial charge in [-0.2, -0.15) is 0 Å². The molecule has 2 aromatic carbocycles. The van der Waals surface area contributed by atoms with E-state index in [9.17, 15) is 9.59 Å². The fourth-order valence-electron chi connectivity index (χ4n) is 3.86. The van der Waals surface area contributed by atoms with Gasteiger partial charge in [0.05, 0.1) is 18.9 Å². The number of hydrogen-bond donors (Lipinski definition) is 1. The largest absolute Gasteiger partial charge is 0.497 e. The van der Waals surface area contributed by atoms with Crippen molar-refractivity contribution in [2.45, 2.75) is 18.3 Å². The summed E-state index contributed by atoms with van der Waals surface area (Å²) in [5.74, 6) is 0.647. The minimum atomic E-state index is -0.694. The van der Waals surface area contributed by atoms with Crippen LogP contribution in [0.4, 0.5) is 5.69 Å². The topological polar surface area (TPSA) is 58.6 Å². The standard InChI is InChI=1S/C20H19ClN2O3/c1-26-14-6-7-17-15(11-14)20(19(25)22-17)8-9-23(12-20)18(24)10-13-4-2-3-5-16(13)21/h2-7,11H,8-10,12H2,1H3,(H,22,25)/t20-/m0/s1. The molecule has 2 aliphatic rings. The van der Waals surface area contributed by atoms with Crippen molar-refractivity contribution in [2.24, 2.45) is 0 Å². The van der Waals surface area contributed by atoms with Crippen molar-refractivity contribution in [3.8, 4) is 5.75 Å². The van der Waals surface area contributed by atoms with Crippen LogP contribution in [-0.4, -0.2) is 36.9 Å². The molecule has 134 valence electrons. The number of methoxy groups -OCH3 is 1. The number of fused-ring (bicyclic) bond motifs is 2. The van der Waals surface area contributed by atoms with Crippen molar-refractivity contribution >= 4 is 29.1 Å². The lowest BCUT2D eigenvalue weighted by molar-refractivity contribution is -0.129. The van der Waals surface area contributed by atoms with Crippen LogP contribution in [0.25, 0.3) is 0 Å². The third kappa shape index (κ3) is 2.63. The van der Waals surface area contributed by atoms with Gasteiger partial charge in [0, 0.05) is 23.8 Å². The van der Waals surface area contributed by atoms with Crippen LogP contribution in [0.5, 0.6) is 5.75 Å². The van der Waals surface area contributed by atoms with Gasteiger partial charge in [0.15, 0.2) is 0 Å². The second-order valence-corrected chi connectivity index (χ2v) is 7.19. The second-order valence-electron chi connectivity index (χ2n) is 6.78. The zero-order valence-corrected chi connectivity index (χ0v) is 15.2. The molecule has 4 rings (SSSR count). The van der Waals surface area contributed by atoms with Gasteiger partial charge in [-0.3, -0.25) is 9.59 Å². The van der Waals surface area contributed by atoms with Crippen molar-refractivity contribution < 1.29 is 14.3 Å². The Kier molecular flexibility index (Phi) is 4.11. The monoisotopic (exact) mass is 370 g/mol. The molecule has 5 nitrogen and oxygen atoms in total. The Morgan fingerprint density at radius 2 is 2.12 bits per heavy atom. The number of carbonyl (C=O) groups is 2.